The molecule has 1 atom stereocenters. The molecule has 0 saturated heterocycles. The minimum atomic E-state index is -3.69. The summed E-state index contributed by atoms with van der Waals surface area (Å²) in [5.74, 6) is 0. The lowest BCUT2D eigenvalue weighted by atomic mass is 10.1. The maximum atomic E-state index is 12.0. The van der Waals surface area contributed by atoms with Gasteiger partial charge in [0.2, 0.25) is 9.47 Å². The summed E-state index contributed by atoms with van der Waals surface area (Å²) in [5.41, 5.74) is 6.17. The van der Waals surface area contributed by atoms with Gasteiger partial charge in [0.25, 0.3) is 10.0 Å². The molecular formula is C9H11N5O2S2. The van der Waals surface area contributed by atoms with Crippen molar-refractivity contribution in [3.8, 4) is 0 Å². The smallest absolute Gasteiger partial charge is 0.270 e. The molecule has 1 unspecified atom stereocenters. The van der Waals surface area contributed by atoms with Gasteiger partial charge in [-0.1, -0.05) is 11.3 Å². The Labute approximate surface area is 108 Å². The van der Waals surface area contributed by atoms with Crippen LogP contribution in [0.5, 0.6) is 0 Å². The number of nitrogens with one attached hydrogen (secondary N) is 1. The fraction of sp³-hybridized carbons (Fsp3) is 0.222. The highest BCUT2D eigenvalue weighted by molar-refractivity contribution is 7.91. The number of hydrogen-bond acceptors (Lipinski definition) is 7. The van der Waals surface area contributed by atoms with Crippen molar-refractivity contribution in [2.45, 2.75) is 17.3 Å². The van der Waals surface area contributed by atoms with Crippen molar-refractivity contribution in [1.82, 2.24) is 19.9 Å². The van der Waals surface area contributed by atoms with E-state index < -0.39 is 10.0 Å². The van der Waals surface area contributed by atoms with Crippen LogP contribution in [0, 0.1) is 0 Å². The van der Waals surface area contributed by atoms with Crippen LogP contribution in [0.2, 0.25) is 0 Å². The molecule has 0 radical (unpaired) electrons. The van der Waals surface area contributed by atoms with Crippen molar-refractivity contribution >= 4 is 26.5 Å². The number of pyridine rings is 1. The van der Waals surface area contributed by atoms with Crippen molar-refractivity contribution < 1.29 is 8.42 Å². The predicted octanol–water partition coefficient (Wildman–Crippen LogP) is 0.555. The van der Waals surface area contributed by atoms with Crippen molar-refractivity contribution in [2.24, 2.45) is 0 Å². The second-order valence-corrected chi connectivity index (χ2v) is 6.43. The molecule has 0 aliphatic heterocycles. The Kier molecular flexibility index (Phi) is 3.55. The molecule has 2 aromatic heterocycles. The Morgan fingerprint density at radius 2 is 2.00 bits per heavy atom. The van der Waals surface area contributed by atoms with Crippen molar-refractivity contribution in [3.05, 3.63) is 30.1 Å². The minimum Gasteiger partial charge on any atom is -0.374 e. The Hall–Kier alpha value is -1.58. The van der Waals surface area contributed by atoms with Gasteiger partial charge < -0.3 is 5.73 Å². The quantitative estimate of drug-likeness (QED) is 0.849. The SMILES string of the molecule is CC(NS(=O)(=O)c1nnc(N)s1)c1ccncc1. The Morgan fingerprint density at radius 3 is 2.56 bits per heavy atom. The molecule has 0 bridgehead atoms. The van der Waals surface area contributed by atoms with Gasteiger partial charge in [-0.25, -0.2) is 13.1 Å². The van der Waals surface area contributed by atoms with Gasteiger partial charge in [0.15, 0.2) is 0 Å². The molecule has 2 aromatic rings. The van der Waals surface area contributed by atoms with Gasteiger partial charge in [-0.15, -0.1) is 10.2 Å². The first-order valence-electron chi connectivity index (χ1n) is 5.00. The molecule has 3 N–H and O–H groups in total. The second kappa shape index (κ2) is 4.96. The average molecular weight is 285 g/mol. The van der Waals surface area contributed by atoms with Gasteiger partial charge in [-0.3, -0.25) is 4.98 Å². The third-order valence-electron chi connectivity index (χ3n) is 2.19. The molecule has 18 heavy (non-hydrogen) atoms. The van der Waals surface area contributed by atoms with E-state index in [4.69, 9.17) is 5.73 Å². The number of sulfonamides is 1. The summed E-state index contributed by atoms with van der Waals surface area (Å²) in [6.45, 7) is 1.73. The van der Waals surface area contributed by atoms with E-state index in [1.807, 2.05) is 0 Å². The molecule has 96 valence electrons. The molecule has 0 aromatic carbocycles. The fourth-order valence-electron chi connectivity index (χ4n) is 1.33. The molecule has 0 spiro atoms. The van der Waals surface area contributed by atoms with E-state index in [2.05, 4.69) is 19.9 Å². The van der Waals surface area contributed by atoms with Gasteiger partial charge in [-0.05, 0) is 24.6 Å². The highest BCUT2D eigenvalue weighted by atomic mass is 32.2. The number of hydrogen-bond donors (Lipinski definition) is 2. The van der Waals surface area contributed by atoms with Crippen LogP contribution in [0.25, 0.3) is 0 Å². The molecule has 0 aliphatic carbocycles. The zero-order valence-corrected chi connectivity index (χ0v) is 11.1. The zero-order valence-electron chi connectivity index (χ0n) is 9.44. The molecule has 9 heteroatoms. The first kappa shape index (κ1) is 12.9. The van der Waals surface area contributed by atoms with E-state index in [0.717, 1.165) is 16.9 Å². The first-order valence-corrected chi connectivity index (χ1v) is 7.30. The van der Waals surface area contributed by atoms with Crippen LogP contribution in [0.15, 0.2) is 28.9 Å². The molecule has 2 rings (SSSR count). The van der Waals surface area contributed by atoms with Crippen LogP contribution in [0.4, 0.5) is 5.13 Å². The summed E-state index contributed by atoms with van der Waals surface area (Å²) in [4.78, 5) is 3.87. The molecule has 0 saturated carbocycles. The number of aromatic nitrogens is 3. The Balaban J connectivity index is 2.19. The molecule has 7 nitrogen and oxygen atoms in total. The van der Waals surface area contributed by atoms with Crippen LogP contribution in [0.1, 0.15) is 18.5 Å². The first-order chi connectivity index (χ1) is 8.49. The third-order valence-corrected chi connectivity index (χ3v) is 4.85. The minimum absolute atomic E-state index is 0.118. The van der Waals surface area contributed by atoms with E-state index in [9.17, 15) is 8.42 Å². The number of nitrogens with zero attached hydrogens (tertiary/aromatic N) is 3. The largest absolute Gasteiger partial charge is 0.374 e. The summed E-state index contributed by atoms with van der Waals surface area (Å²) in [6, 6.07) is 3.09. The summed E-state index contributed by atoms with van der Waals surface area (Å²) in [5, 5.41) is 7.11. The molecule has 2 heterocycles. The lowest BCUT2D eigenvalue weighted by Crippen LogP contribution is -2.26. The number of rotatable bonds is 4. The second-order valence-electron chi connectivity index (χ2n) is 3.53. The van der Waals surface area contributed by atoms with Crippen molar-refractivity contribution in [1.29, 1.82) is 0 Å². The standard InChI is InChI=1S/C9H11N5O2S2/c1-6(7-2-4-11-5-3-7)14-18(15,16)9-13-12-8(10)17-9/h2-6,14H,1H3,(H2,10,12). The normalized spacial score (nSPS) is 13.4. The molecule has 0 amide bonds. The van der Waals surface area contributed by atoms with E-state index in [1.165, 1.54) is 0 Å². The molecule has 0 fully saturated rings. The van der Waals surface area contributed by atoms with Gasteiger partial charge in [0.05, 0.1) is 0 Å². The van der Waals surface area contributed by atoms with Gasteiger partial charge in [0, 0.05) is 18.4 Å². The van der Waals surface area contributed by atoms with Gasteiger partial charge in [-0.2, -0.15) is 0 Å². The number of anilines is 1. The Bertz CT molecular complexity index is 625. The topological polar surface area (TPSA) is 111 Å². The maximum absolute atomic E-state index is 12.0. The summed E-state index contributed by atoms with van der Waals surface area (Å²) >= 11 is 0.825. The molecular weight excluding hydrogens is 274 g/mol. The predicted molar refractivity (Wildman–Crippen MR) is 67.3 cm³/mol. The lowest BCUT2D eigenvalue weighted by molar-refractivity contribution is 0.565. The Morgan fingerprint density at radius 1 is 1.33 bits per heavy atom. The van der Waals surface area contributed by atoms with E-state index in [1.54, 1.807) is 31.5 Å². The summed E-state index contributed by atoms with van der Waals surface area (Å²) in [6.07, 6.45) is 3.20. The van der Waals surface area contributed by atoms with E-state index in [0.29, 0.717) is 0 Å². The summed E-state index contributed by atoms with van der Waals surface area (Å²) in [7, 11) is -3.69. The number of nitrogen functional groups attached to an aromatic ring is 1. The van der Waals surface area contributed by atoms with Crippen LogP contribution < -0.4 is 10.5 Å². The molecule has 0 aliphatic rings. The highest BCUT2D eigenvalue weighted by Gasteiger charge is 2.22. The van der Waals surface area contributed by atoms with Crippen LogP contribution in [-0.4, -0.2) is 23.6 Å². The average Bonchev–Trinajstić information content (AvgIpc) is 2.77. The lowest BCUT2D eigenvalue weighted by Gasteiger charge is -2.12. The fourth-order valence-corrected chi connectivity index (χ4v) is 3.36. The van der Waals surface area contributed by atoms with Crippen molar-refractivity contribution in [3.63, 3.8) is 0 Å². The third kappa shape index (κ3) is 2.81. The highest BCUT2D eigenvalue weighted by Crippen LogP contribution is 2.20. The van der Waals surface area contributed by atoms with Crippen LogP contribution in [0.3, 0.4) is 0 Å². The zero-order chi connectivity index (χ0) is 13.2. The van der Waals surface area contributed by atoms with Gasteiger partial charge in [0.1, 0.15) is 0 Å². The van der Waals surface area contributed by atoms with Crippen LogP contribution >= 0.6 is 11.3 Å². The van der Waals surface area contributed by atoms with Gasteiger partial charge >= 0.3 is 0 Å². The number of nitrogens with two attached hydrogens (primary N) is 1. The van der Waals surface area contributed by atoms with E-state index >= 15 is 0 Å². The summed E-state index contributed by atoms with van der Waals surface area (Å²) < 4.78 is 26.3. The van der Waals surface area contributed by atoms with Crippen molar-refractivity contribution in [2.75, 3.05) is 5.73 Å². The van der Waals surface area contributed by atoms with E-state index in [-0.39, 0.29) is 15.5 Å². The monoisotopic (exact) mass is 285 g/mol. The maximum Gasteiger partial charge on any atom is 0.270 e. The van der Waals surface area contributed by atoms with Crippen LogP contribution in [-0.2, 0) is 10.0 Å².